The van der Waals surface area contributed by atoms with E-state index in [1.807, 2.05) is 6.92 Å². The highest BCUT2D eigenvalue weighted by Gasteiger charge is 2.22. The number of nitrogens with zero attached hydrogens (tertiary/aromatic N) is 1. The summed E-state index contributed by atoms with van der Waals surface area (Å²) in [7, 11) is -3.90. The van der Waals surface area contributed by atoms with E-state index in [-0.39, 0.29) is 17.1 Å². The van der Waals surface area contributed by atoms with Crippen molar-refractivity contribution >= 4 is 15.7 Å². The molecule has 118 valence electrons. The number of hydrogen-bond acceptors (Lipinski definition) is 5. The summed E-state index contributed by atoms with van der Waals surface area (Å²) in [5.74, 6) is 0. The predicted molar refractivity (Wildman–Crippen MR) is 78.7 cm³/mol. The number of rotatable bonds is 7. The lowest BCUT2D eigenvalue weighted by atomic mass is 10.1. The molecule has 0 radical (unpaired) electrons. The number of sulfonamides is 1. The van der Waals surface area contributed by atoms with Crippen molar-refractivity contribution in [1.29, 1.82) is 0 Å². The van der Waals surface area contributed by atoms with Crippen molar-refractivity contribution in [3.05, 3.63) is 33.4 Å². The van der Waals surface area contributed by atoms with E-state index >= 15 is 0 Å². The van der Waals surface area contributed by atoms with Gasteiger partial charge in [0.2, 0.25) is 10.0 Å². The molecule has 21 heavy (non-hydrogen) atoms. The molecule has 1 atom stereocenters. The molecule has 0 amide bonds. The third-order valence-corrected chi connectivity index (χ3v) is 4.79. The largest absolute Gasteiger partial charge is 0.392 e. The van der Waals surface area contributed by atoms with Crippen LogP contribution in [-0.4, -0.2) is 31.1 Å². The van der Waals surface area contributed by atoms with Crippen LogP contribution in [0.5, 0.6) is 0 Å². The van der Waals surface area contributed by atoms with E-state index in [1.54, 1.807) is 13.8 Å². The minimum Gasteiger partial charge on any atom is -0.392 e. The highest BCUT2D eigenvalue weighted by atomic mass is 32.2. The van der Waals surface area contributed by atoms with E-state index < -0.39 is 21.1 Å². The first-order valence-corrected chi connectivity index (χ1v) is 8.10. The van der Waals surface area contributed by atoms with Gasteiger partial charge in [0.25, 0.3) is 5.69 Å². The number of benzene rings is 1. The average molecular weight is 316 g/mol. The maximum atomic E-state index is 12.2. The summed E-state index contributed by atoms with van der Waals surface area (Å²) >= 11 is 0. The Morgan fingerprint density at radius 2 is 2.00 bits per heavy atom. The highest BCUT2D eigenvalue weighted by Crippen LogP contribution is 2.25. The van der Waals surface area contributed by atoms with Crippen molar-refractivity contribution < 1.29 is 18.4 Å². The Labute approximate surface area is 124 Å². The van der Waals surface area contributed by atoms with Crippen LogP contribution in [0.25, 0.3) is 0 Å². The summed E-state index contributed by atoms with van der Waals surface area (Å²) in [5.41, 5.74) is 0.712. The molecule has 2 N–H and O–H groups in total. The lowest BCUT2D eigenvalue weighted by Crippen LogP contribution is -2.32. The molecule has 0 aliphatic heterocycles. The van der Waals surface area contributed by atoms with Crippen molar-refractivity contribution in [1.82, 2.24) is 4.72 Å². The van der Waals surface area contributed by atoms with E-state index in [4.69, 9.17) is 0 Å². The fourth-order valence-electron chi connectivity index (χ4n) is 1.91. The fourth-order valence-corrected chi connectivity index (χ4v) is 3.32. The zero-order chi connectivity index (χ0) is 16.2. The molecule has 0 aliphatic rings. The number of aliphatic hydroxyl groups is 1. The van der Waals surface area contributed by atoms with Crippen molar-refractivity contribution in [2.75, 3.05) is 6.54 Å². The van der Waals surface area contributed by atoms with Crippen molar-refractivity contribution in [2.45, 2.75) is 44.6 Å². The van der Waals surface area contributed by atoms with Gasteiger partial charge in [0.15, 0.2) is 0 Å². The molecule has 0 bridgehead atoms. The summed E-state index contributed by atoms with van der Waals surface area (Å²) in [6, 6.07) is 2.37. The topological polar surface area (TPSA) is 110 Å². The van der Waals surface area contributed by atoms with Gasteiger partial charge in [-0.1, -0.05) is 13.3 Å². The third-order valence-electron chi connectivity index (χ3n) is 3.24. The quantitative estimate of drug-likeness (QED) is 0.587. The van der Waals surface area contributed by atoms with E-state index in [1.165, 1.54) is 6.07 Å². The van der Waals surface area contributed by atoms with E-state index in [0.29, 0.717) is 17.5 Å². The van der Waals surface area contributed by atoms with Crippen LogP contribution in [0.2, 0.25) is 0 Å². The van der Waals surface area contributed by atoms with E-state index in [0.717, 1.165) is 12.5 Å². The van der Waals surface area contributed by atoms with Gasteiger partial charge in [0.1, 0.15) is 0 Å². The summed E-state index contributed by atoms with van der Waals surface area (Å²) < 4.78 is 26.8. The summed E-state index contributed by atoms with van der Waals surface area (Å²) in [5, 5.41) is 20.4. The Bertz CT molecular complexity index is 628. The van der Waals surface area contributed by atoms with Gasteiger partial charge in [0.05, 0.1) is 15.9 Å². The maximum absolute atomic E-state index is 12.2. The van der Waals surface area contributed by atoms with Crippen molar-refractivity contribution in [2.24, 2.45) is 0 Å². The standard InChI is InChI=1S/C13H20N2O5S/c1-4-5-12(16)8-14-21(19,20)13-7-11(15(17)18)6-9(2)10(13)3/h6-7,12,14,16H,4-5,8H2,1-3H3. The first kappa shape index (κ1) is 17.5. The molecule has 0 fully saturated rings. The number of nitrogens with one attached hydrogen (secondary N) is 1. The van der Waals surface area contributed by atoms with Crippen LogP contribution in [0.15, 0.2) is 17.0 Å². The number of aryl methyl sites for hydroxylation is 1. The van der Waals surface area contributed by atoms with Gasteiger partial charge in [-0.2, -0.15) is 0 Å². The number of nitro groups is 1. The Balaban J connectivity index is 3.10. The van der Waals surface area contributed by atoms with Gasteiger partial charge in [-0.05, 0) is 31.4 Å². The van der Waals surface area contributed by atoms with Crippen LogP contribution in [0.3, 0.4) is 0 Å². The molecular weight excluding hydrogens is 296 g/mol. The molecule has 1 aromatic rings. The predicted octanol–water partition coefficient (Wildman–Crippen LogP) is 1.65. The molecule has 0 aromatic heterocycles. The maximum Gasteiger partial charge on any atom is 0.271 e. The third kappa shape index (κ3) is 4.48. The van der Waals surface area contributed by atoms with Crippen LogP contribution in [0.4, 0.5) is 5.69 Å². The van der Waals surface area contributed by atoms with Crippen molar-refractivity contribution in [3.8, 4) is 0 Å². The minimum absolute atomic E-state index is 0.114. The molecule has 7 nitrogen and oxygen atoms in total. The lowest BCUT2D eigenvalue weighted by molar-refractivity contribution is -0.385. The molecule has 1 aromatic carbocycles. The average Bonchev–Trinajstić information content (AvgIpc) is 2.39. The summed E-state index contributed by atoms with van der Waals surface area (Å²) in [4.78, 5) is 10.1. The first-order valence-electron chi connectivity index (χ1n) is 6.62. The lowest BCUT2D eigenvalue weighted by Gasteiger charge is -2.13. The monoisotopic (exact) mass is 316 g/mol. The van der Waals surface area contributed by atoms with Gasteiger partial charge in [0, 0.05) is 18.7 Å². The van der Waals surface area contributed by atoms with Gasteiger partial charge in [-0.15, -0.1) is 0 Å². The molecule has 8 heteroatoms. The molecule has 0 aliphatic carbocycles. The number of hydrogen-bond donors (Lipinski definition) is 2. The first-order chi connectivity index (χ1) is 9.69. The molecule has 1 rings (SSSR count). The number of non-ortho nitro benzene ring substituents is 1. The fraction of sp³-hybridized carbons (Fsp3) is 0.538. The van der Waals surface area contributed by atoms with Gasteiger partial charge in [-0.3, -0.25) is 10.1 Å². The minimum atomic E-state index is -3.90. The van der Waals surface area contributed by atoms with Crippen LogP contribution in [0, 0.1) is 24.0 Å². The van der Waals surface area contributed by atoms with Gasteiger partial charge < -0.3 is 5.11 Å². The molecule has 0 saturated heterocycles. The van der Waals surface area contributed by atoms with Crippen LogP contribution < -0.4 is 4.72 Å². The zero-order valence-corrected chi connectivity index (χ0v) is 13.1. The second-order valence-electron chi connectivity index (χ2n) is 4.94. The van der Waals surface area contributed by atoms with E-state index in [2.05, 4.69) is 4.72 Å². The summed E-state index contributed by atoms with van der Waals surface area (Å²) in [6.45, 7) is 4.98. The summed E-state index contributed by atoms with van der Waals surface area (Å²) in [6.07, 6.45) is 0.442. The van der Waals surface area contributed by atoms with Crippen LogP contribution in [-0.2, 0) is 10.0 Å². The molecule has 0 saturated carbocycles. The molecule has 1 unspecified atom stereocenters. The second kappa shape index (κ2) is 6.97. The Morgan fingerprint density at radius 1 is 1.38 bits per heavy atom. The zero-order valence-electron chi connectivity index (χ0n) is 12.3. The van der Waals surface area contributed by atoms with Gasteiger partial charge >= 0.3 is 0 Å². The van der Waals surface area contributed by atoms with Crippen LogP contribution >= 0.6 is 0 Å². The van der Waals surface area contributed by atoms with Gasteiger partial charge in [-0.25, -0.2) is 13.1 Å². The van der Waals surface area contributed by atoms with Crippen LogP contribution in [0.1, 0.15) is 30.9 Å². The Hall–Kier alpha value is -1.51. The Kier molecular flexibility index (Phi) is 5.82. The molecule has 0 spiro atoms. The highest BCUT2D eigenvalue weighted by molar-refractivity contribution is 7.89. The molecular formula is C13H20N2O5S. The normalized spacial score (nSPS) is 13.1. The van der Waals surface area contributed by atoms with Crippen molar-refractivity contribution in [3.63, 3.8) is 0 Å². The second-order valence-corrected chi connectivity index (χ2v) is 6.67. The Morgan fingerprint density at radius 3 is 2.52 bits per heavy atom. The number of nitro benzene ring substituents is 1. The SMILES string of the molecule is CCCC(O)CNS(=O)(=O)c1cc([N+](=O)[O-])cc(C)c1C. The molecule has 0 heterocycles. The van der Waals surface area contributed by atoms with E-state index in [9.17, 15) is 23.6 Å². The number of aliphatic hydroxyl groups excluding tert-OH is 1. The smallest absolute Gasteiger partial charge is 0.271 e.